The number of benzene rings is 1. The highest BCUT2D eigenvalue weighted by molar-refractivity contribution is 7.92. The third kappa shape index (κ3) is 4.15. The number of sulfonamides is 1. The summed E-state index contributed by atoms with van der Waals surface area (Å²) in [5.74, 6) is 0.137. The number of nitrogens with one attached hydrogen (secondary N) is 2. The molecule has 0 unspecified atom stereocenters. The monoisotopic (exact) mass is 305 g/mol. The minimum Gasteiger partial charge on any atom is -0.314 e. The predicted molar refractivity (Wildman–Crippen MR) is 84.8 cm³/mol. The quantitative estimate of drug-likeness (QED) is 0.769. The van der Waals surface area contributed by atoms with Gasteiger partial charge in [0, 0.05) is 23.3 Å². The van der Waals surface area contributed by atoms with E-state index < -0.39 is 10.0 Å². The highest BCUT2D eigenvalue weighted by atomic mass is 32.2. The lowest BCUT2D eigenvalue weighted by atomic mass is 10.2. The summed E-state index contributed by atoms with van der Waals surface area (Å²) in [6.45, 7) is 0.757. The lowest BCUT2D eigenvalue weighted by Gasteiger charge is -2.09. The van der Waals surface area contributed by atoms with E-state index in [1.165, 1.54) is 12.8 Å². The number of hydrogen-bond acceptors (Lipinski definition) is 4. The van der Waals surface area contributed by atoms with Gasteiger partial charge in [0.25, 0.3) is 0 Å². The average Bonchev–Trinajstić information content (AvgIpc) is 3.27. The van der Waals surface area contributed by atoms with Gasteiger partial charge in [0.05, 0.1) is 11.3 Å². The number of hydrogen-bond donors (Lipinski definition) is 2. The summed E-state index contributed by atoms with van der Waals surface area (Å²) in [6.07, 6.45) is 4.78. The maximum Gasteiger partial charge on any atom is 0.232 e. The second-order valence-electron chi connectivity index (χ2n) is 5.41. The van der Waals surface area contributed by atoms with Crippen molar-refractivity contribution >= 4 is 26.6 Å². The molecule has 2 N–H and O–H groups in total. The van der Waals surface area contributed by atoms with Gasteiger partial charge in [-0.1, -0.05) is 6.07 Å². The molecule has 1 fully saturated rings. The maximum atomic E-state index is 12.0. The SMILES string of the molecule is O=S(=O)(CCCNC1CC1)Nc1ccc2ncccc2c1. The highest BCUT2D eigenvalue weighted by Crippen LogP contribution is 2.19. The zero-order chi connectivity index (χ0) is 14.7. The van der Waals surface area contributed by atoms with Crippen molar-refractivity contribution in [2.75, 3.05) is 17.0 Å². The summed E-state index contributed by atoms with van der Waals surface area (Å²) in [7, 11) is -3.29. The van der Waals surface area contributed by atoms with Crippen LogP contribution in [0.5, 0.6) is 0 Å². The van der Waals surface area contributed by atoms with E-state index in [0.717, 1.165) is 17.4 Å². The summed E-state index contributed by atoms with van der Waals surface area (Å²) in [5, 5.41) is 4.24. The van der Waals surface area contributed by atoms with Crippen molar-refractivity contribution in [2.24, 2.45) is 0 Å². The number of pyridine rings is 1. The average molecular weight is 305 g/mol. The van der Waals surface area contributed by atoms with Gasteiger partial charge in [0.1, 0.15) is 0 Å². The van der Waals surface area contributed by atoms with Crippen molar-refractivity contribution < 1.29 is 8.42 Å². The molecule has 1 aliphatic carbocycles. The molecule has 1 saturated carbocycles. The fraction of sp³-hybridized carbons (Fsp3) is 0.400. The molecule has 0 amide bonds. The first-order chi connectivity index (χ1) is 10.1. The van der Waals surface area contributed by atoms with Crippen LogP contribution in [0.4, 0.5) is 5.69 Å². The van der Waals surface area contributed by atoms with Crippen molar-refractivity contribution in [3.05, 3.63) is 36.5 Å². The largest absolute Gasteiger partial charge is 0.314 e. The smallest absolute Gasteiger partial charge is 0.232 e. The van der Waals surface area contributed by atoms with Crippen molar-refractivity contribution in [3.8, 4) is 0 Å². The Hall–Kier alpha value is -1.66. The van der Waals surface area contributed by atoms with E-state index in [9.17, 15) is 8.42 Å². The zero-order valence-electron chi connectivity index (χ0n) is 11.7. The molecule has 0 bridgehead atoms. The van der Waals surface area contributed by atoms with Gasteiger partial charge in [-0.15, -0.1) is 0 Å². The Labute approximate surface area is 124 Å². The maximum absolute atomic E-state index is 12.0. The molecule has 3 rings (SSSR count). The normalized spacial score (nSPS) is 15.2. The minimum absolute atomic E-state index is 0.137. The van der Waals surface area contributed by atoms with Crippen LogP contribution in [0.2, 0.25) is 0 Å². The third-order valence-corrected chi connectivity index (χ3v) is 4.85. The number of rotatable bonds is 7. The molecule has 21 heavy (non-hydrogen) atoms. The summed E-state index contributed by atoms with van der Waals surface area (Å²) >= 11 is 0. The fourth-order valence-corrected chi connectivity index (χ4v) is 3.34. The van der Waals surface area contributed by atoms with Crippen LogP contribution in [0.25, 0.3) is 10.9 Å². The third-order valence-electron chi connectivity index (χ3n) is 3.48. The standard InChI is InChI=1S/C15H19N3O2S/c19-21(20,10-2-9-16-13-4-5-13)18-14-6-7-15-12(11-14)3-1-8-17-15/h1,3,6-8,11,13,16,18H,2,4-5,9-10H2. The molecule has 2 aromatic rings. The van der Waals surface area contributed by atoms with E-state index in [0.29, 0.717) is 18.2 Å². The summed E-state index contributed by atoms with van der Waals surface area (Å²) in [4.78, 5) is 4.22. The molecule has 0 aliphatic heterocycles. The topological polar surface area (TPSA) is 71.1 Å². The van der Waals surface area contributed by atoms with Crippen LogP contribution in [0.1, 0.15) is 19.3 Å². The van der Waals surface area contributed by atoms with Crippen LogP contribution in [-0.2, 0) is 10.0 Å². The molecule has 6 heteroatoms. The molecule has 1 aliphatic rings. The van der Waals surface area contributed by atoms with Crippen molar-refractivity contribution in [2.45, 2.75) is 25.3 Å². The first kappa shape index (κ1) is 14.3. The lowest BCUT2D eigenvalue weighted by Crippen LogP contribution is -2.23. The van der Waals surface area contributed by atoms with Gasteiger partial charge >= 0.3 is 0 Å². The first-order valence-electron chi connectivity index (χ1n) is 7.21. The molecule has 0 saturated heterocycles. The number of fused-ring (bicyclic) bond motifs is 1. The molecule has 0 spiro atoms. The van der Waals surface area contributed by atoms with Crippen LogP contribution in [0, 0.1) is 0 Å². The second kappa shape index (κ2) is 5.99. The van der Waals surface area contributed by atoms with E-state index in [4.69, 9.17) is 0 Å². The fourth-order valence-electron chi connectivity index (χ4n) is 2.23. The minimum atomic E-state index is -3.29. The van der Waals surface area contributed by atoms with E-state index in [1.54, 1.807) is 12.3 Å². The molecular weight excluding hydrogens is 286 g/mol. The van der Waals surface area contributed by atoms with Crippen LogP contribution >= 0.6 is 0 Å². The summed E-state index contributed by atoms with van der Waals surface area (Å²) < 4.78 is 26.7. The Morgan fingerprint density at radius 3 is 2.90 bits per heavy atom. The number of anilines is 1. The van der Waals surface area contributed by atoms with Crippen molar-refractivity contribution in [1.82, 2.24) is 10.3 Å². The molecule has 0 atom stereocenters. The summed E-state index contributed by atoms with van der Waals surface area (Å²) in [5.41, 5.74) is 1.44. The van der Waals surface area contributed by atoms with Crippen LogP contribution in [-0.4, -0.2) is 31.7 Å². The Morgan fingerprint density at radius 2 is 2.10 bits per heavy atom. The van der Waals surface area contributed by atoms with Gasteiger partial charge < -0.3 is 5.32 Å². The summed E-state index contributed by atoms with van der Waals surface area (Å²) in [6, 6.07) is 9.75. The first-order valence-corrected chi connectivity index (χ1v) is 8.86. The van der Waals surface area contributed by atoms with Gasteiger partial charge in [0.2, 0.25) is 10.0 Å². The Morgan fingerprint density at radius 1 is 1.24 bits per heavy atom. The number of nitrogens with zero attached hydrogens (tertiary/aromatic N) is 1. The Bertz CT molecular complexity index is 727. The molecule has 1 heterocycles. The van der Waals surface area contributed by atoms with Gasteiger partial charge in [0.15, 0.2) is 0 Å². The molecule has 1 aromatic heterocycles. The van der Waals surface area contributed by atoms with Crippen LogP contribution in [0.15, 0.2) is 36.5 Å². The molecular formula is C15H19N3O2S. The van der Waals surface area contributed by atoms with E-state index in [-0.39, 0.29) is 5.75 Å². The van der Waals surface area contributed by atoms with Gasteiger partial charge in [-0.2, -0.15) is 0 Å². The van der Waals surface area contributed by atoms with Crippen molar-refractivity contribution in [3.63, 3.8) is 0 Å². The van der Waals surface area contributed by atoms with E-state index in [1.807, 2.05) is 24.3 Å². The molecule has 0 radical (unpaired) electrons. The Balaban J connectivity index is 1.59. The molecule has 5 nitrogen and oxygen atoms in total. The van der Waals surface area contributed by atoms with Gasteiger partial charge in [-0.05, 0) is 50.1 Å². The number of aromatic nitrogens is 1. The highest BCUT2D eigenvalue weighted by Gasteiger charge is 2.20. The van der Waals surface area contributed by atoms with Gasteiger partial charge in [-0.25, -0.2) is 8.42 Å². The molecule has 112 valence electrons. The molecule has 1 aromatic carbocycles. The zero-order valence-corrected chi connectivity index (χ0v) is 12.6. The van der Waals surface area contributed by atoms with Crippen LogP contribution in [0.3, 0.4) is 0 Å². The predicted octanol–water partition coefficient (Wildman–Crippen LogP) is 2.12. The second-order valence-corrected chi connectivity index (χ2v) is 7.26. The lowest BCUT2D eigenvalue weighted by molar-refractivity contribution is 0.593. The van der Waals surface area contributed by atoms with E-state index >= 15 is 0 Å². The Kier molecular flexibility index (Phi) is 4.07. The van der Waals surface area contributed by atoms with Crippen molar-refractivity contribution in [1.29, 1.82) is 0 Å². The van der Waals surface area contributed by atoms with Crippen LogP contribution < -0.4 is 10.0 Å². The van der Waals surface area contributed by atoms with E-state index in [2.05, 4.69) is 15.0 Å². The van der Waals surface area contributed by atoms with Gasteiger partial charge in [-0.3, -0.25) is 9.71 Å².